The summed E-state index contributed by atoms with van der Waals surface area (Å²) in [5.41, 5.74) is 0.485. The standard InChI is InChI=1S/C13H17ClN2O2/c14-12-11(4-8-18-12)13(17)16-7-3-10(9-16)15-5-1-2-6-15/h4,8,10H,1-3,5-7,9H2. The van der Waals surface area contributed by atoms with Crippen molar-refractivity contribution in [3.63, 3.8) is 0 Å². The largest absolute Gasteiger partial charge is 0.452 e. The second-order valence-electron chi connectivity index (χ2n) is 5.04. The molecule has 2 aliphatic rings. The highest BCUT2D eigenvalue weighted by molar-refractivity contribution is 6.32. The topological polar surface area (TPSA) is 36.7 Å². The van der Waals surface area contributed by atoms with Gasteiger partial charge in [-0.25, -0.2) is 0 Å². The first-order valence-electron chi connectivity index (χ1n) is 6.52. The molecule has 1 amide bonds. The molecular formula is C13H17ClN2O2. The number of carbonyl (C=O) groups excluding carboxylic acids is 1. The van der Waals surface area contributed by atoms with Crippen molar-refractivity contribution < 1.29 is 9.21 Å². The van der Waals surface area contributed by atoms with Gasteiger partial charge in [0.05, 0.1) is 11.8 Å². The van der Waals surface area contributed by atoms with Crippen LogP contribution in [-0.2, 0) is 0 Å². The number of hydrogen-bond acceptors (Lipinski definition) is 3. The average molecular weight is 269 g/mol. The lowest BCUT2D eigenvalue weighted by atomic mass is 10.2. The summed E-state index contributed by atoms with van der Waals surface area (Å²) in [5, 5.41) is 0.199. The molecule has 98 valence electrons. The summed E-state index contributed by atoms with van der Waals surface area (Å²) in [5.74, 6) is -0.00422. The minimum atomic E-state index is -0.00422. The van der Waals surface area contributed by atoms with E-state index in [1.165, 1.54) is 32.2 Å². The van der Waals surface area contributed by atoms with Gasteiger partial charge in [-0.3, -0.25) is 9.69 Å². The maximum atomic E-state index is 12.3. The van der Waals surface area contributed by atoms with Crippen LogP contribution in [0.4, 0.5) is 0 Å². The van der Waals surface area contributed by atoms with Crippen LogP contribution in [-0.4, -0.2) is 47.9 Å². The Balaban J connectivity index is 1.65. The van der Waals surface area contributed by atoms with Crippen LogP contribution < -0.4 is 0 Å². The van der Waals surface area contributed by atoms with E-state index in [0.717, 1.165) is 19.5 Å². The highest BCUT2D eigenvalue weighted by Crippen LogP contribution is 2.24. The zero-order chi connectivity index (χ0) is 12.5. The van der Waals surface area contributed by atoms with Crippen molar-refractivity contribution >= 4 is 17.5 Å². The van der Waals surface area contributed by atoms with Gasteiger partial charge in [0, 0.05) is 19.1 Å². The second kappa shape index (κ2) is 4.94. The Hall–Kier alpha value is -1.00. The van der Waals surface area contributed by atoms with E-state index in [9.17, 15) is 4.79 Å². The van der Waals surface area contributed by atoms with Crippen molar-refractivity contribution in [2.24, 2.45) is 0 Å². The number of hydrogen-bond donors (Lipinski definition) is 0. The van der Waals surface area contributed by atoms with Crippen LogP contribution in [0.5, 0.6) is 0 Å². The maximum Gasteiger partial charge on any atom is 0.258 e. The first-order valence-corrected chi connectivity index (χ1v) is 6.90. The van der Waals surface area contributed by atoms with Crippen molar-refractivity contribution in [2.45, 2.75) is 25.3 Å². The third-order valence-corrected chi connectivity index (χ3v) is 4.25. The van der Waals surface area contributed by atoms with E-state index in [1.807, 2.05) is 4.90 Å². The molecule has 3 rings (SSSR count). The number of amides is 1. The van der Waals surface area contributed by atoms with Gasteiger partial charge < -0.3 is 9.32 Å². The fourth-order valence-corrected chi connectivity index (χ4v) is 3.14. The van der Waals surface area contributed by atoms with Gasteiger partial charge in [-0.15, -0.1) is 0 Å². The average Bonchev–Trinajstić information content (AvgIpc) is 3.09. The predicted molar refractivity (Wildman–Crippen MR) is 68.8 cm³/mol. The normalized spacial score (nSPS) is 24.9. The number of carbonyl (C=O) groups is 1. The van der Waals surface area contributed by atoms with Crippen LogP contribution in [0, 0.1) is 0 Å². The molecule has 2 aliphatic heterocycles. The Morgan fingerprint density at radius 1 is 1.33 bits per heavy atom. The molecular weight excluding hydrogens is 252 g/mol. The van der Waals surface area contributed by atoms with Crippen molar-refractivity contribution in [3.8, 4) is 0 Å². The Labute approximate surface area is 111 Å². The van der Waals surface area contributed by atoms with E-state index >= 15 is 0 Å². The summed E-state index contributed by atoms with van der Waals surface area (Å²) in [4.78, 5) is 16.6. The maximum absolute atomic E-state index is 12.3. The lowest BCUT2D eigenvalue weighted by Gasteiger charge is -2.23. The molecule has 0 aromatic carbocycles. The van der Waals surface area contributed by atoms with Gasteiger partial charge in [-0.2, -0.15) is 0 Å². The fraction of sp³-hybridized carbons (Fsp3) is 0.615. The Morgan fingerprint density at radius 3 is 2.78 bits per heavy atom. The van der Waals surface area contributed by atoms with E-state index < -0.39 is 0 Å². The Bertz CT molecular complexity index is 440. The van der Waals surface area contributed by atoms with Crippen LogP contribution in [0.3, 0.4) is 0 Å². The molecule has 3 heterocycles. The molecule has 1 unspecified atom stereocenters. The van der Waals surface area contributed by atoms with E-state index in [0.29, 0.717) is 11.6 Å². The highest BCUT2D eigenvalue weighted by Gasteiger charge is 2.32. The molecule has 0 radical (unpaired) electrons. The zero-order valence-electron chi connectivity index (χ0n) is 10.3. The summed E-state index contributed by atoms with van der Waals surface area (Å²) in [6, 6.07) is 2.18. The van der Waals surface area contributed by atoms with Crippen LogP contribution in [0.25, 0.3) is 0 Å². The van der Waals surface area contributed by atoms with Crippen molar-refractivity contribution in [1.82, 2.24) is 9.80 Å². The molecule has 5 heteroatoms. The third kappa shape index (κ3) is 2.15. The van der Waals surface area contributed by atoms with Crippen molar-refractivity contribution in [1.29, 1.82) is 0 Å². The van der Waals surface area contributed by atoms with Gasteiger partial charge in [-0.1, -0.05) is 0 Å². The monoisotopic (exact) mass is 268 g/mol. The fourth-order valence-electron chi connectivity index (χ4n) is 2.95. The van der Waals surface area contributed by atoms with E-state index in [-0.39, 0.29) is 11.1 Å². The van der Waals surface area contributed by atoms with E-state index in [4.69, 9.17) is 16.0 Å². The predicted octanol–water partition coefficient (Wildman–Crippen LogP) is 2.24. The molecule has 0 bridgehead atoms. The zero-order valence-corrected chi connectivity index (χ0v) is 11.0. The highest BCUT2D eigenvalue weighted by atomic mass is 35.5. The van der Waals surface area contributed by atoms with Crippen LogP contribution in [0.15, 0.2) is 16.7 Å². The molecule has 0 saturated carbocycles. The number of halogens is 1. The summed E-state index contributed by atoms with van der Waals surface area (Å²) in [6.07, 6.45) is 5.11. The lowest BCUT2D eigenvalue weighted by molar-refractivity contribution is 0.0779. The van der Waals surface area contributed by atoms with Crippen LogP contribution in [0.1, 0.15) is 29.6 Å². The van der Waals surface area contributed by atoms with Crippen molar-refractivity contribution in [3.05, 3.63) is 23.1 Å². The molecule has 1 atom stereocenters. The van der Waals surface area contributed by atoms with Gasteiger partial charge in [-0.05, 0) is 50.0 Å². The lowest BCUT2D eigenvalue weighted by Crippen LogP contribution is -2.37. The second-order valence-corrected chi connectivity index (χ2v) is 5.39. The SMILES string of the molecule is O=C(c1ccoc1Cl)N1CCC(N2CCCC2)C1. The summed E-state index contributed by atoms with van der Waals surface area (Å²) in [7, 11) is 0. The van der Waals surface area contributed by atoms with Gasteiger partial charge >= 0.3 is 0 Å². The number of furan rings is 1. The van der Waals surface area contributed by atoms with E-state index in [2.05, 4.69) is 4.90 Å². The summed E-state index contributed by atoms with van der Waals surface area (Å²) < 4.78 is 4.98. The van der Waals surface area contributed by atoms with Gasteiger partial charge in [0.25, 0.3) is 5.91 Å². The molecule has 0 spiro atoms. The molecule has 1 aromatic heterocycles. The third-order valence-electron chi connectivity index (χ3n) is 3.96. The quantitative estimate of drug-likeness (QED) is 0.825. The van der Waals surface area contributed by atoms with Crippen molar-refractivity contribution in [2.75, 3.05) is 26.2 Å². The summed E-state index contributed by atoms with van der Waals surface area (Å²) >= 11 is 5.85. The van der Waals surface area contributed by atoms with Gasteiger partial charge in [0.2, 0.25) is 5.22 Å². The minimum absolute atomic E-state index is 0.00422. The molecule has 1 aromatic rings. The van der Waals surface area contributed by atoms with Gasteiger partial charge in [0.1, 0.15) is 0 Å². The molecule has 0 aliphatic carbocycles. The van der Waals surface area contributed by atoms with E-state index in [1.54, 1.807) is 6.07 Å². The number of nitrogens with zero attached hydrogens (tertiary/aromatic N) is 2. The Morgan fingerprint density at radius 2 is 2.11 bits per heavy atom. The smallest absolute Gasteiger partial charge is 0.258 e. The molecule has 18 heavy (non-hydrogen) atoms. The van der Waals surface area contributed by atoms with Crippen LogP contribution in [0.2, 0.25) is 5.22 Å². The van der Waals surface area contributed by atoms with Gasteiger partial charge in [0.15, 0.2) is 0 Å². The molecule has 4 nitrogen and oxygen atoms in total. The molecule has 2 fully saturated rings. The first-order chi connectivity index (χ1) is 8.75. The Kier molecular flexibility index (Phi) is 3.31. The van der Waals surface area contributed by atoms with Crippen LogP contribution >= 0.6 is 11.6 Å². The summed E-state index contributed by atoms with van der Waals surface area (Å²) in [6.45, 7) is 4.00. The number of likely N-dealkylation sites (tertiary alicyclic amines) is 2. The minimum Gasteiger partial charge on any atom is -0.452 e. The molecule has 2 saturated heterocycles. The molecule has 0 N–H and O–H groups in total. The first kappa shape index (κ1) is 12.1. The number of rotatable bonds is 2.